The van der Waals surface area contributed by atoms with E-state index in [0.29, 0.717) is 19.1 Å². The van der Waals surface area contributed by atoms with Gasteiger partial charge in [-0.15, -0.1) is 0 Å². The van der Waals surface area contributed by atoms with Gasteiger partial charge < -0.3 is 19.5 Å². The van der Waals surface area contributed by atoms with Gasteiger partial charge >= 0.3 is 6.09 Å². The van der Waals surface area contributed by atoms with E-state index in [9.17, 15) is 4.79 Å². The number of amides is 1. The van der Waals surface area contributed by atoms with Gasteiger partial charge in [0.25, 0.3) is 0 Å². The van der Waals surface area contributed by atoms with Crippen molar-refractivity contribution in [2.45, 2.75) is 38.8 Å². The Bertz CT molecular complexity index is 506. The number of carbonyl (C=O) groups is 1. The van der Waals surface area contributed by atoms with Gasteiger partial charge in [-0.05, 0) is 32.9 Å². The van der Waals surface area contributed by atoms with E-state index in [4.69, 9.17) is 9.72 Å². The molecule has 1 saturated heterocycles. The van der Waals surface area contributed by atoms with Crippen LogP contribution in [0.25, 0.3) is 0 Å². The summed E-state index contributed by atoms with van der Waals surface area (Å²) in [7, 11) is 1.44. The fourth-order valence-electron chi connectivity index (χ4n) is 3.35. The second-order valence-corrected chi connectivity index (χ2v) is 5.55. The minimum Gasteiger partial charge on any atom is -0.453 e. The van der Waals surface area contributed by atoms with E-state index in [1.54, 1.807) is 4.90 Å². The standard InChI is InChI=1S/C14H22N4O2/c1-10-16-12-5-8-17(14(19)20-2)9-13(12)18(10)11-3-6-15-7-4-11/h11,15H,3-9H2,1-2H3. The van der Waals surface area contributed by atoms with E-state index in [1.807, 2.05) is 0 Å². The van der Waals surface area contributed by atoms with Gasteiger partial charge in [0.2, 0.25) is 0 Å². The minimum absolute atomic E-state index is 0.244. The lowest BCUT2D eigenvalue weighted by atomic mass is 10.0. The summed E-state index contributed by atoms with van der Waals surface area (Å²) in [5.74, 6) is 1.08. The van der Waals surface area contributed by atoms with Crippen molar-refractivity contribution in [1.29, 1.82) is 0 Å². The minimum atomic E-state index is -0.244. The second kappa shape index (κ2) is 5.44. The highest BCUT2D eigenvalue weighted by Crippen LogP contribution is 2.28. The number of aromatic nitrogens is 2. The molecule has 1 N–H and O–H groups in total. The highest BCUT2D eigenvalue weighted by Gasteiger charge is 2.29. The average Bonchev–Trinajstić information content (AvgIpc) is 2.82. The zero-order valence-electron chi connectivity index (χ0n) is 12.2. The van der Waals surface area contributed by atoms with Gasteiger partial charge in [0, 0.05) is 19.0 Å². The van der Waals surface area contributed by atoms with Crippen LogP contribution in [0.15, 0.2) is 0 Å². The van der Waals surface area contributed by atoms with Gasteiger partial charge in [-0.25, -0.2) is 9.78 Å². The average molecular weight is 278 g/mol. The van der Waals surface area contributed by atoms with Crippen molar-refractivity contribution in [3.63, 3.8) is 0 Å². The number of nitrogens with zero attached hydrogens (tertiary/aromatic N) is 3. The van der Waals surface area contributed by atoms with Crippen molar-refractivity contribution in [3.05, 3.63) is 17.2 Å². The van der Waals surface area contributed by atoms with Crippen molar-refractivity contribution in [2.24, 2.45) is 0 Å². The zero-order valence-corrected chi connectivity index (χ0v) is 12.2. The number of imidazole rings is 1. The summed E-state index contributed by atoms with van der Waals surface area (Å²) in [6.07, 6.45) is 2.83. The molecule has 0 saturated carbocycles. The van der Waals surface area contributed by atoms with Crippen LogP contribution < -0.4 is 5.32 Å². The third kappa shape index (κ3) is 2.28. The Morgan fingerprint density at radius 1 is 1.40 bits per heavy atom. The molecule has 0 radical (unpaired) electrons. The summed E-state index contributed by atoms with van der Waals surface area (Å²) >= 11 is 0. The molecule has 2 aliphatic heterocycles. The molecule has 0 atom stereocenters. The van der Waals surface area contributed by atoms with Crippen LogP contribution in [0, 0.1) is 6.92 Å². The second-order valence-electron chi connectivity index (χ2n) is 5.55. The quantitative estimate of drug-likeness (QED) is 0.839. The first-order valence-corrected chi connectivity index (χ1v) is 7.31. The summed E-state index contributed by atoms with van der Waals surface area (Å²) < 4.78 is 7.20. The van der Waals surface area contributed by atoms with Gasteiger partial charge in [-0.3, -0.25) is 0 Å². The smallest absolute Gasteiger partial charge is 0.409 e. The highest BCUT2D eigenvalue weighted by molar-refractivity contribution is 5.67. The van der Waals surface area contributed by atoms with E-state index in [1.165, 1.54) is 12.8 Å². The van der Waals surface area contributed by atoms with Crippen LogP contribution >= 0.6 is 0 Å². The monoisotopic (exact) mass is 278 g/mol. The maximum atomic E-state index is 11.7. The van der Waals surface area contributed by atoms with Crippen LogP contribution in [0.1, 0.15) is 36.1 Å². The van der Waals surface area contributed by atoms with Crippen molar-refractivity contribution < 1.29 is 9.53 Å². The van der Waals surface area contributed by atoms with Gasteiger partial charge in [-0.2, -0.15) is 0 Å². The SMILES string of the molecule is COC(=O)N1CCc2nc(C)n(C3CCNCC3)c2C1. The number of ether oxygens (including phenoxy) is 1. The lowest BCUT2D eigenvalue weighted by Gasteiger charge is -2.31. The predicted molar refractivity (Wildman–Crippen MR) is 74.6 cm³/mol. The Balaban J connectivity index is 1.89. The largest absolute Gasteiger partial charge is 0.453 e. The summed E-state index contributed by atoms with van der Waals surface area (Å²) in [4.78, 5) is 18.2. The molecule has 1 aromatic heterocycles. The number of methoxy groups -OCH3 is 1. The first kappa shape index (κ1) is 13.4. The third-order valence-corrected chi connectivity index (χ3v) is 4.34. The van der Waals surface area contributed by atoms with Crippen LogP contribution in [0.2, 0.25) is 0 Å². The molecule has 6 heteroatoms. The van der Waals surface area contributed by atoms with Gasteiger partial charge in [0.05, 0.1) is 25.0 Å². The number of nitrogens with one attached hydrogen (secondary N) is 1. The summed E-state index contributed by atoms with van der Waals surface area (Å²) in [5.41, 5.74) is 2.35. The predicted octanol–water partition coefficient (Wildman–Crippen LogP) is 1.24. The molecule has 0 unspecified atom stereocenters. The molecule has 0 spiro atoms. The Morgan fingerprint density at radius 2 is 2.15 bits per heavy atom. The van der Waals surface area contributed by atoms with Crippen molar-refractivity contribution in [2.75, 3.05) is 26.7 Å². The molecule has 1 aromatic rings. The third-order valence-electron chi connectivity index (χ3n) is 4.34. The first-order chi connectivity index (χ1) is 9.70. The normalized spacial score (nSPS) is 19.8. The lowest BCUT2D eigenvalue weighted by Crippen LogP contribution is -2.38. The van der Waals surface area contributed by atoms with Crippen molar-refractivity contribution in [1.82, 2.24) is 19.8 Å². The van der Waals surface area contributed by atoms with Crippen LogP contribution in [-0.4, -0.2) is 47.3 Å². The Morgan fingerprint density at radius 3 is 2.85 bits per heavy atom. The molecular formula is C14H22N4O2. The maximum Gasteiger partial charge on any atom is 0.409 e. The lowest BCUT2D eigenvalue weighted by molar-refractivity contribution is 0.116. The topological polar surface area (TPSA) is 59.4 Å². The van der Waals surface area contributed by atoms with Gasteiger partial charge in [0.15, 0.2) is 0 Å². The first-order valence-electron chi connectivity index (χ1n) is 7.31. The highest BCUT2D eigenvalue weighted by atomic mass is 16.5. The number of piperidine rings is 1. The maximum absolute atomic E-state index is 11.7. The fourth-order valence-corrected chi connectivity index (χ4v) is 3.35. The van der Waals surface area contributed by atoms with E-state index >= 15 is 0 Å². The van der Waals surface area contributed by atoms with E-state index < -0.39 is 0 Å². The molecule has 1 amide bonds. The summed E-state index contributed by atoms with van der Waals surface area (Å²) in [6.45, 7) is 5.49. The van der Waals surface area contributed by atoms with Crippen LogP contribution in [0.4, 0.5) is 4.79 Å². The Kier molecular flexibility index (Phi) is 3.65. The van der Waals surface area contributed by atoms with E-state index in [2.05, 4.69) is 16.8 Å². The molecule has 6 nitrogen and oxygen atoms in total. The zero-order chi connectivity index (χ0) is 14.1. The molecular weight excluding hydrogens is 256 g/mol. The van der Waals surface area contributed by atoms with Crippen LogP contribution in [-0.2, 0) is 17.7 Å². The number of aryl methyl sites for hydroxylation is 1. The molecule has 0 aromatic carbocycles. The number of carbonyl (C=O) groups excluding carboxylic acids is 1. The number of fused-ring (bicyclic) bond motifs is 1. The Labute approximate surface area is 119 Å². The molecule has 0 aliphatic carbocycles. The molecule has 20 heavy (non-hydrogen) atoms. The van der Waals surface area contributed by atoms with Gasteiger partial charge in [-0.1, -0.05) is 0 Å². The number of hydrogen-bond acceptors (Lipinski definition) is 4. The van der Waals surface area contributed by atoms with Crippen molar-refractivity contribution >= 4 is 6.09 Å². The molecule has 0 bridgehead atoms. The molecule has 3 rings (SSSR count). The van der Waals surface area contributed by atoms with Crippen LogP contribution in [0.5, 0.6) is 0 Å². The molecule has 3 heterocycles. The van der Waals surface area contributed by atoms with Crippen molar-refractivity contribution in [3.8, 4) is 0 Å². The fraction of sp³-hybridized carbons (Fsp3) is 0.714. The molecule has 110 valence electrons. The summed E-state index contributed by atoms with van der Waals surface area (Å²) in [6, 6.07) is 0.505. The summed E-state index contributed by atoms with van der Waals surface area (Å²) in [5, 5.41) is 3.39. The number of rotatable bonds is 1. The van der Waals surface area contributed by atoms with E-state index in [-0.39, 0.29) is 6.09 Å². The molecule has 1 fully saturated rings. The Hall–Kier alpha value is -1.56. The van der Waals surface area contributed by atoms with Gasteiger partial charge in [0.1, 0.15) is 5.82 Å². The van der Waals surface area contributed by atoms with Crippen LogP contribution in [0.3, 0.4) is 0 Å². The number of hydrogen-bond donors (Lipinski definition) is 1. The molecule has 2 aliphatic rings. The van der Waals surface area contributed by atoms with E-state index in [0.717, 1.165) is 43.9 Å².